The van der Waals surface area contributed by atoms with Gasteiger partial charge >= 0.3 is 0 Å². The van der Waals surface area contributed by atoms with Crippen LogP contribution in [0, 0.1) is 30.9 Å². The minimum atomic E-state index is -0.439. The maximum Gasteiger partial charge on any atom is 0.294 e. The van der Waals surface area contributed by atoms with Crippen LogP contribution in [0.5, 0.6) is 0 Å². The lowest BCUT2D eigenvalue weighted by atomic mass is 10.1. The van der Waals surface area contributed by atoms with Crippen molar-refractivity contribution in [3.05, 3.63) is 62.2 Å². The lowest BCUT2D eigenvalue weighted by Crippen LogP contribution is -2.50. The third kappa shape index (κ3) is 6.43. The zero-order chi connectivity index (χ0) is 24.1. The predicted molar refractivity (Wildman–Crippen MR) is 129 cm³/mol. The molecule has 10 heteroatoms. The van der Waals surface area contributed by atoms with Crippen LogP contribution in [0.25, 0.3) is 0 Å². The van der Waals surface area contributed by atoms with Gasteiger partial charge in [0.25, 0.3) is 5.69 Å². The van der Waals surface area contributed by atoms with Crippen molar-refractivity contribution in [1.29, 1.82) is 0 Å². The molecule has 0 bridgehead atoms. The average molecular weight is 474 g/mol. The van der Waals surface area contributed by atoms with Crippen molar-refractivity contribution in [2.24, 2.45) is 0 Å². The van der Waals surface area contributed by atoms with Crippen molar-refractivity contribution in [1.82, 2.24) is 10.2 Å². The monoisotopic (exact) mass is 473 g/mol. The smallest absolute Gasteiger partial charge is 0.294 e. The van der Waals surface area contributed by atoms with E-state index in [1.807, 2.05) is 42.7 Å². The number of benzene rings is 2. The number of anilines is 2. The molecule has 2 aromatic rings. The highest BCUT2D eigenvalue weighted by molar-refractivity contribution is 6.30. The van der Waals surface area contributed by atoms with E-state index < -0.39 is 4.92 Å². The molecule has 0 aromatic heterocycles. The van der Waals surface area contributed by atoms with Gasteiger partial charge in [-0.3, -0.25) is 24.6 Å². The van der Waals surface area contributed by atoms with Crippen LogP contribution < -0.4 is 15.5 Å². The first-order valence-corrected chi connectivity index (χ1v) is 11.1. The standard InChI is InChI=1S/C23H28ClN5O4/c1-15-10-16(2)23(17(3)11-15)26-21(30)13-25-22(31)14-27-6-8-28(9-7-27)19-5-4-18(24)12-20(19)29(32)33/h4-5,10-12H,6-9,13-14H2,1-3H3,(H,25,31)(H,26,30). The first kappa shape index (κ1) is 24.5. The summed E-state index contributed by atoms with van der Waals surface area (Å²) >= 11 is 5.89. The maximum absolute atomic E-state index is 12.3. The van der Waals surface area contributed by atoms with Crippen molar-refractivity contribution < 1.29 is 14.5 Å². The molecule has 1 fully saturated rings. The maximum atomic E-state index is 12.3. The quantitative estimate of drug-likeness (QED) is 0.472. The number of nitrogens with zero attached hydrogens (tertiary/aromatic N) is 3. The summed E-state index contributed by atoms with van der Waals surface area (Å²) in [4.78, 5) is 39.4. The van der Waals surface area contributed by atoms with E-state index in [0.29, 0.717) is 36.9 Å². The SMILES string of the molecule is Cc1cc(C)c(NC(=O)CNC(=O)CN2CCN(c3ccc(Cl)cc3[N+](=O)[O-])CC2)c(C)c1. The Labute approximate surface area is 197 Å². The van der Waals surface area contributed by atoms with Crippen molar-refractivity contribution in [3.8, 4) is 0 Å². The first-order valence-electron chi connectivity index (χ1n) is 10.7. The molecule has 2 N–H and O–H groups in total. The van der Waals surface area contributed by atoms with Gasteiger partial charge in [-0.05, 0) is 44.0 Å². The van der Waals surface area contributed by atoms with Gasteiger partial charge in [-0.2, -0.15) is 0 Å². The molecule has 176 valence electrons. The summed E-state index contributed by atoms with van der Waals surface area (Å²) in [5, 5.41) is 17.2. The van der Waals surface area contributed by atoms with E-state index in [1.165, 1.54) is 6.07 Å². The van der Waals surface area contributed by atoms with Crippen LogP contribution in [0.1, 0.15) is 16.7 Å². The molecule has 9 nitrogen and oxygen atoms in total. The second-order valence-electron chi connectivity index (χ2n) is 8.25. The number of nitro groups is 1. The number of piperazine rings is 1. The lowest BCUT2D eigenvalue weighted by molar-refractivity contribution is -0.384. The molecule has 33 heavy (non-hydrogen) atoms. The average Bonchev–Trinajstić information content (AvgIpc) is 2.75. The van der Waals surface area contributed by atoms with Crippen LogP contribution in [0.2, 0.25) is 5.02 Å². The number of nitro benzene ring substituents is 1. The molecule has 1 aliphatic heterocycles. The minimum Gasteiger partial charge on any atom is -0.363 e. The van der Waals surface area contributed by atoms with E-state index in [1.54, 1.807) is 12.1 Å². The normalized spacial score (nSPS) is 14.1. The molecule has 2 aromatic carbocycles. The lowest BCUT2D eigenvalue weighted by Gasteiger charge is -2.35. The second-order valence-corrected chi connectivity index (χ2v) is 8.69. The predicted octanol–water partition coefficient (Wildman–Crippen LogP) is 3.05. The van der Waals surface area contributed by atoms with E-state index in [9.17, 15) is 19.7 Å². The van der Waals surface area contributed by atoms with Gasteiger partial charge in [0.2, 0.25) is 11.8 Å². The first-order chi connectivity index (χ1) is 15.6. The van der Waals surface area contributed by atoms with E-state index in [0.717, 1.165) is 22.4 Å². The zero-order valence-corrected chi connectivity index (χ0v) is 19.7. The summed E-state index contributed by atoms with van der Waals surface area (Å²) in [5.41, 5.74) is 4.34. The van der Waals surface area contributed by atoms with Crippen LogP contribution in [0.15, 0.2) is 30.3 Å². The highest BCUT2D eigenvalue weighted by Crippen LogP contribution is 2.31. The Kier molecular flexibility index (Phi) is 7.88. The molecular weight excluding hydrogens is 446 g/mol. The number of hydrogen-bond acceptors (Lipinski definition) is 6. The fourth-order valence-corrected chi connectivity index (χ4v) is 4.22. The van der Waals surface area contributed by atoms with Crippen LogP contribution in [-0.2, 0) is 9.59 Å². The summed E-state index contributed by atoms with van der Waals surface area (Å²) in [6, 6.07) is 8.63. The molecular formula is C23H28ClN5O4. The third-order valence-corrected chi connectivity index (χ3v) is 5.84. The number of aryl methyl sites for hydroxylation is 3. The highest BCUT2D eigenvalue weighted by atomic mass is 35.5. The van der Waals surface area contributed by atoms with Gasteiger partial charge in [0.1, 0.15) is 5.69 Å². The fraction of sp³-hybridized carbons (Fsp3) is 0.391. The van der Waals surface area contributed by atoms with Crippen molar-refractivity contribution in [2.75, 3.05) is 49.5 Å². The Morgan fingerprint density at radius 2 is 1.67 bits per heavy atom. The number of carbonyl (C=O) groups excluding carboxylic acids is 2. The number of nitrogens with one attached hydrogen (secondary N) is 2. The van der Waals surface area contributed by atoms with Crippen LogP contribution in [0.4, 0.5) is 17.1 Å². The van der Waals surface area contributed by atoms with E-state index in [2.05, 4.69) is 10.6 Å². The van der Waals surface area contributed by atoms with Gasteiger partial charge in [0, 0.05) is 43.0 Å². The molecule has 0 atom stereocenters. The Bertz CT molecular complexity index is 1040. The van der Waals surface area contributed by atoms with Gasteiger partial charge in [-0.1, -0.05) is 29.3 Å². The number of halogens is 1. The van der Waals surface area contributed by atoms with Gasteiger partial charge in [-0.25, -0.2) is 0 Å². The van der Waals surface area contributed by atoms with Crippen LogP contribution >= 0.6 is 11.6 Å². The molecule has 0 aliphatic carbocycles. The van der Waals surface area contributed by atoms with Crippen LogP contribution in [0.3, 0.4) is 0 Å². The molecule has 1 heterocycles. The van der Waals surface area contributed by atoms with E-state index in [4.69, 9.17) is 11.6 Å². The molecule has 1 aliphatic rings. The second kappa shape index (κ2) is 10.6. The van der Waals surface area contributed by atoms with E-state index in [-0.39, 0.29) is 30.6 Å². The summed E-state index contributed by atoms with van der Waals surface area (Å²) in [6.45, 7) is 8.16. The van der Waals surface area contributed by atoms with Crippen LogP contribution in [-0.4, -0.2) is 60.9 Å². The Hall–Kier alpha value is -3.17. The zero-order valence-electron chi connectivity index (χ0n) is 19.0. The Morgan fingerprint density at radius 3 is 2.27 bits per heavy atom. The van der Waals surface area contributed by atoms with Gasteiger partial charge in [0.05, 0.1) is 18.0 Å². The summed E-state index contributed by atoms with van der Waals surface area (Å²) in [6.07, 6.45) is 0. The Balaban J connectivity index is 1.46. The highest BCUT2D eigenvalue weighted by Gasteiger charge is 2.25. The number of rotatable bonds is 7. The molecule has 0 unspecified atom stereocenters. The molecule has 0 saturated carbocycles. The molecule has 3 rings (SSSR count). The summed E-state index contributed by atoms with van der Waals surface area (Å²) < 4.78 is 0. The minimum absolute atomic E-state index is 0.0289. The summed E-state index contributed by atoms with van der Waals surface area (Å²) in [7, 11) is 0. The Morgan fingerprint density at radius 1 is 1.03 bits per heavy atom. The molecule has 1 saturated heterocycles. The van der Waals surface area contributed by atoms with Gasteiger partial charge in [-0.15, -0.1) is 0 Å². The third-order valence-electron chi connectivity index (χ3n) is 5.60. The van der Waals surface area contributed by atoms with Crippen molar-refractivity contribution in [2.45, 2.75) is 20.8 Å². The molecule has 0 spiro atoms. The summed E-state index contributed by atoms with van der Waals surface area (Å²) in [5.74, 6) is -0.522. The number of amides is 2. The fourth-order valence-electron chi connectivity index (χ4n) is 4.06. The van der Waals surface area contributed by atoms with E-state index >= 15 is 0 Å². The number of hydrogen-bond donors (Lipinski definition) is 2. The topological polar surface area (TPSA) is 108 Å². The molecule has 0 radical (unpaired) electrons. The molecule has 2 amide bonds. The number of carbonyl (C=O) groups is 2. The van der Waals surface area contributed by atoms with Crippen molar-refractivity contribution in [3.63, 3.8) is 0 Å². The van der Waals surface area contributed by atoms with Gasteiger partial charge in [0.15, 0.2) is 0 Å². The van der Waals surface area contributed by atoms with Crippen molar-refractivity contribution >= 4 is 40.5 Å². The van der Waals surface area contributed by atoms with Gasteiger partial charge < -0.3 is 15.5 Å². The largest absolute Gasteiger partial charge is 0.363 e.